The van der Waals surface area contributed by atoms with Gasteiger partial charge in [0.2, 0.25) is 0 Å². The molecule has 55 heavy (non-hydrogen) atoms. The third-order valence-electron chi connectivity index (χ3n) is 11.5. The molecule has 6 aromatic rings. The van der Waals surface area contributed by atoms with Gasteiger partial charge in [-0.15, -0.1) is 0 Å². The smallest absolute Gasteiger partial charge is 0.0900 e. The topological polar surface area (TPSA) is 41.9 Å². The maximum atomic E-state index is 4.99. The van der Waals surface area contributed by atoms with E-state index >= 15 is 0 Å². The van der Waals surface area contributed by atoms with Crippen LogP contribution in [0.3, 0.4) is 0 Å². The Morgan fingerprint density at radius 1 is 0.545 bits per heavy atom. The van der Waals surface area contributed by atoms with Gasteiger partial charge in [-0.1, -0.05) is 122 Å². The lowest BCUT2D eigenvalue weighted by atomic mass is 9.74. The molecule has 1 atom stereocenters. The molecule has 0 radical (unpaired) electrons. The van der Waals surface area contributed by atoms with Gasteiger partial charge in [-0.2, -0.15) is 0 Å². The Kier molecular flexibility index (Phi) is 10.8. The summed E-state index contributed by atoms with van der Waals surface area (Å²) in [4.78, 5) is 16.7. The quantitative estimate of drug-likeness (QED) is 0.118. The number of anilines is 2. The van der Waals surface area contributed by atoms with Gasteiger partial charge >= 0.3 is 0 Å². The molecule has 0 fully saturated rings. The molecular formula is C51H58N4. The Morgan fingerprint density at radius 2 is 1.11 bits per heavy atom. The van der Waals surface area contributed by atoms with Crippen LogP contribution < -0.4 is 4.90 Å². The van der Waals surface area contributed by atoms with Crippen LogP contribution in [0.4, 0.5) is 11.4 Å². The number of hydrogen-bond donors (Lipinski definition) is 0. The van der Waals surface area contributed by atoms with Crippen LogP contribution in [0.15, 0.2) is 122 Å². The van der Waals surface area contributed by atoms with Crippen molar-refractivity contribution in [1.82, 2.24) is 15.0 Å². The van der Waals surface area contributed by atoms with Gasteiger partial charge in [0.15, 0.2) is 0 Å². The van der Waals surface area contributed by atoms with Crippen LogP contribution >= 0.6 is 0 Å². The SMILES string of the molecule is CCCCCCCCC1(C)c2cc(N(c3ccc(-c4cc(-c5ccccn5)nc(-c5ccccn5)c4)cc3)C(C)(C)C)ccc2-c2ccc(C(C)(C)C)cc21. The molecule has 4 nitrogen and oxygen atoms in total. The molecule has 1 aliphatic carbocycles. The second-order valence-corrected chi connectivity index (χ2v) is 17.7. The minimum Gasteiger partial charge on any atom is -0.336 e. The number of benzene rings is 3. The van der Waals surface area contributed by atoms with Gasteiger partial charge < -0.3 is 4.90 Å². The summed E-state index contributed by atoms with van der Waals surface area (Å²) in [7, 11) is 0. The van der Waals surface area contributed by atoms with Crippen LogP contribution in [-0.2, 0) is 10.8 Å². The van der Waals surface area contributed by atoms with Gasteiger partial charge in [-0.3, -0.25) is 9.97 Å². The lowest BCUT2D eigenvalue weighted by Gasteiger charge is -2.39. The standard InChI is InChI=1S/C51H58N4/c1-9-10-11-12-13-16-29-51(8)43-34-38(49(2,3)4)23-27-41(43)42-28-26-40(35-44(42)51)55(50(5,6)7)39-24-21-36(22-25-39)37-32-47(45-19-14-17-30-52-45)54-48(33-37)46-20-15-18-31-53-46/h14-15,17-28,30-35H,9-13,16,29H2,1-8H3. The van der Waals surface area contributed by atoms with Crippen LogP contribution in [0, 0.1) is 0 Å². The predicted octanol–water partition coefficient (Wildman–Crippen LogP) is 14.1. The van der Waals surface area contributed by atoms with Gasteiger partial charge in [0.25, 0.3) is 0 Å². The molecule has 1 unspecified atom stereocenters. The van der Waals surface area contributed by atoms with Crippen LogP contribution in [0.2, 0.25) is 0 Å². The summed E-state index contributed by atoms with van der Waals surface area (Å²) in [5.41, 5.74) is 15.0. The van der Waals surface area contributed by atoms with Crippen molar-refractivity contribution >= 4 is 11.4 Å². The highest BCUT2D eigenvalue weighted by molar-refractivity contribution is 5.84. The highest BCUT2D eigenvalue weighted by atomic mass is 15.2. The van der Waals surface area contributed by atoms with Crippen molar-refractivity contribution in [1.29, 1.82) is 0 Å². The molecular weight excluding hydrogens is 669 g/mol. The Balaban J connectivity index is 1.26. The molecule has 3 aromatic heterocycles. The fraction of sp³-hybridized carbons (Fsp3) is 0.353. The largest absolute Gasteiger partial charge is 0.336 e. The molecule has 0 amide bonds. The second-order valence-electron chi connectivity index (χ2n) is 17.7. The van der Waals surface area contributed by atoms with E-state index < -0.39 is 0 Å². The summed E-state index contributed by atoms with van der Waals surface area (Å²) in [5, 5.41) is 0. The summed E-state index contributed by atoms with van der Waals surface area (Å²) in [6.07, 6.45) is 12.6. The number of hydrogen-bond acceptors (Lipinski definition) is 4. The number of rotatable bonds is 12. The van der Waals surface area contributed by atoms with E-state index in [1.165, 1.54) is 77.7 Å². The molecule has 7 rings (SSSR count). The Bertz CT molecular complexity index is 2170. The van der Waals surface area contributed by atoms with Gasteiger partial charge in [0.05, 0.1) is 22.8 Å². The van der Waals surface area contributed by atoms with Crippen molar-refractivity contribution in [3.63, 3.8) is 0 Å². The van der Waals surface area contributed by atoms with E-state index in [9.17, 15) is 0 Å². The summed E-state index contributed by atoms with van der Waals surface area (Å²) in [5.74, 6) is 0. The zero-order valence-electron chi connectivity index (χ0n) is 34.3. The van der Waals surface area contributed by atoms with Gasteiger partial charge in [0, 0.05) is 34.7 Å². The zero-order chi connectivity index (χ0) is 38.8. The highest BCUT2D eigenvalue weighted by Crippen LogP contribution is 2.54. The molecule has 1 aliphatic rings. The maximum absolute atomic E-state index is 4.99. The fourth-order valence-electron chi connectivity index (χ4n) is 8.45. The average molecular weight is 727 g/mol. The number of fused-ring (bicyclic) bond motifs is 3. The van der Waals surface area contributed by atoms with Crippen LogP contribution in [-0.4, -0.2) is 20.5 Å². The Morgan fingerprint density at radius 3 is 1.67 bits per heavy atom. The summed E-state index contributed by atoms with van der Waals surface area (Å²) in [6, 6.07) is 39.8. The Labute approximate surface area is 330 Å². The first kappa shape index (κ1) is 38.2. The predicted molar refractivity (Wildman–Crippen MR) is 233 cm³/mol. The molecule has 282 valence electrons. The van der Waals surface area contributed by atoms with Crippen molar-refractivity contribution in [2.45, 2.75) is 117 Å². The fourth-order valence-corrected chi connectivity index (χ4v) is 8.45. The van der Waals surface area contributed by atoms with Crippen LogP contribution in [0.25, 0.3) is 45.0 Å². The van der Waals surface area contributed by atoms with Crippen molar-refractivity contribution in [3.05, 3.63) is 138 Å². The maximum Gasteiger partial charge on any atom is 0.0900 e. The normalized spacial score (nSPS) is 15.1. The van der Waals surface area contributed by atoms with Crippen molar-refractivity contribution < 1.29 is 0 Å². The van der Waals surface area contributed by atoms with Gasteiger partial charge in [-0.25, -0.2) is 4.98 Å². The van der Waals surface area contributed by atoms with Gasteiger partial charge in [-0.05, 0) is 132 Å². The summed E-state index contributed by atoms with van der Waals surface area (Å²) < 4.78 is 0. The molecule has 0 N–H and O–H groups in total. The van der Waals surface area contributed by atoms with Crippen molar-refractivity contribution in [3.8, 4) is 45.0 Å². The summed E-state index contributed by atoms with van der Waals surface area (Å²) in [6.45, 7) is 18.8. The minimum absolute atomic E-state index is 0.0436. The van der Waals surface area contributed by atoms with Crippen molar-refractivity contribution in [2.75, 3.05) is 4.90 Å². The molecule has 0 spiro atoms. The lowest BCUT2D eigenvalue weighted by Crippen LogP contribution is -2.37. The molecule has 3 heterocycles. The van der Waals surface area contributed by atoms with E-state index in [1.807, 2.05) is 48.8 Å². The van der Waals surface area contributed by atoms with E-state index in [4.69, 9.17) is 4.98 Å². The van der Waals surface area contributed by atoms with E-state index in [2.05, 4.69) is 143 Å². The average Bonchev–Trinajstić information content (AvgIpc) is 3.43. The molecule has 4 heteroatoms. The Hall–Kier alpha value is -5.09. The molecule has 3 aromatic carbocycles. The van der Waals surface area contributed by atoms with Crippen molar-refractivity contribution in [2.24, 2.45) is 0 Å². The molecule has 0 saturated heterocycles. The summed E-state index contributed by atoms with van der Waals surface area (Å²) >= 11 is 0. The van der Waals surface area contributed by atoms with Gasteiger partial charge in [0.1, 0.15) is 0 Å². The van der Waals surface area contributed by atoms with Crippen LogP contribution in [0.5, 0.6) is 0 Å². The molecule has 0 saturated carbocycles. The number of aromatic nitrogens is 3. The lowest BCUT2D eigenvalue weighted by molar-refractivity contribution is 0.478. The first-order chi connectivity index (χ1) is 26.4. The van der Waals surface area contributed by atoms with Crippen LogP contribution in [0.1, 0.15) is 117 Å². The minimum atomic E-state index is -0.161. The number of pyridine rings is 3. The van der Waals surface area contributed by atoms with E-state index in [0.717, 1.165) is 40.3 Å². The third-order valence-corrected chi connectivity index (χ3v) is 11.5. The van der Waals surface area contributed by atoms with E-state index in [0.29, 0.717) is 0 Å². The zero-order valence-corrected chi connectivity index (χ0v) is 34.3. The third kappa shape index (κ3) is 8.01. The van der Waals surface area contributed by atoms with E-state index in [1.54, 1.807) is 0 Å². The number of unbranched alkanes of at least 4 members (excludes halogenated alkanes) is 5. The first-order valence-corrected chi connectivity index (χ1v) is 20.4. The second kappa shape index (κ2) is 15.6. The number of nitrogens with zero attached hydrogens (tertiary/aromatic N) is 4. The highest BCUT2D eigenvalue weighted by Gasteiger charge is 2.40. The molecule has 0 aliphatic heterocycles. The monoisotopic (exact) mass is 726 g/mol. The first-order valence-electron chi connectivity index (χ1n) is 20.4. The van der Waals surface area contributed by atoms with E-state index in [-0.39, 0.29) is 16.4 Å². The molecule has 0 bridgehead atoms.